The second-order valence-electron chi connectivity index (χ2n) is 9.80. The highest BCUT2D eigenvalue weighted by Crippen LogP contribution is 2.37. The Hall–Kier alpha value is -3.73. The minimum atomic E-state index is -1.56. The molecule has 0 spiro atoms. The predicted molar refractivity (Wildman–Crippen MR) is 140 cm³/mol. The summed E-state index contributed by atoms with van der Waals surface area (Å²) in [7, 11) is 1.89. The van der Waals surface area contributed by atoms with Crippen LogP contribution in [-0.2, 0) is 16.1 Å². The van der Waals surface area contributed by atoms with Gasteiger partial charge < -0.3 is 35.0 Å². The molecule has 1 atom stereocenters. The maximum absolute atomic E-state index is 12.7. The van der Waals surface area contributed by atoms with Crippen LogP contribution in [0.25, 0.3) is 10.9 Å². The molecule has 0 radical (unpaired) electrons. The fraction of sp³-hybridized carbons (Fsp3) is 0.444. The molecule has 1 aliphatic rings. The number of hydrogen-bond donors (Lipinski definition) is 2. The normalized spacial score (nSPS) is 14.8. The lowest BCUT2D eigenvalue weighted by Crippen LogP contribution is -2.48. The Kier molecular flexibility index (Phi) is 8.45. The summed E-state index contributed by atoms with van der Waals surface area (Å²) in [6, 6.07) is 5.90. The van der Waals surface area contributed by atoms with Crippen molar-refractivity contribution in [3.05, 3.63) is 56.4 Å². The van der Waals surface area contributed by atoms with Crippen molar-refractivity contribution in [2.24, 2.45) is 0 Å². The highest BCUT2D eigenvalue weighted by atomic mass is 32.1. The summed E-state index contributed by atoms with van der Waals surface area (Å²) in [6.07, 6.45) is 4.90. The van der Waals surface area contributed by atoms with E-state index in [4.69, 9.17) is 0 Å². The number of nitrogens with zero attached hydrogens (tertiary/aromatic N) is 2. The van der Waals surface area contributed by atoms with Crippen molar-refractivity contribution in [3.8, 4) is 0 Å². The van der Waals surface area contributed by atoms with Crippen LogP contribution >= 0.6 is 11.3 Å². The van der Waals surface area contributed by atoms with E-state index in [1.165, 1.54) is 36.2 Å². The lowest BCUT2D eigenvalue weighted by Gasteiger charge is -2.27. The molecule has 1 fully saturated rings. The van der Waals surface area contributed by atoms with Gasteiger partial charge in [0.2, 0.25) is 0 Å². The molecule has 2 heterocycles. The molecule has 1 aromatic carbocycles. The van der Waals surface area contributed by atoms with Gasteiger partial charge in [0.05, 0.1) is 32.8 Å². The molecular formula is C27H30N4O6S-2. The molecule has 2 aromatic heterocycles. The average molecular weight is 539 g/mol. The first-order valence-corrected chi connectivity index (χ1v) is 13.5. The lowest BCUT2D eigenvalue weighted by molar-refractivity contribution is -0.309. The second-order valence-corrected chi connectivity index (χ2v) is 10.9. The Morgan fingerprint density at radius 1 is 1.18 bits per heavy atom. The number of carbonyl (C=O) groups excluding carboxylic acids is 3. The van der Waals surface area contributed by atoms with Crippen molar-refractivity contribution < 1.29 is 24.6 Å². The Morgan fingerprint density at radius 3 is 2.61 bits per heavy atom. The Bertz CT molecular complexity index is 1410. The van der Waals surface area contributed by atoms with Crippen LogP contribution in [0, 0.1) is 6.92 Å². The van der Waals surface area contributed by atoms with E-state index in [0.29, 0.717) is 29.2 Å². The van der Waals surface area contributed by atoms with Crippen LogP contribution in [0.4, 0.5) is 5.00 Å². The summed E-state index contributed by atoms with van der Waals surface area (Å²) in [5.74, 6) is -2.61. The van der Waals surface area contributed by atoms with Crippen LogP contribution < -0.4 is 26.0 Å². The van der Waals surface area contributed by atoms with Crippen LogP contribution in [0.1, 0.15) is 77.5 Å². The maximum Gasteiger partial charge on any atom is 0.261 e. The van der Waals surface area contributed by atoms with Gasteiger partial charge >= 0.3 is 0 Å². The van der Waals surface area contributed by atoms with Crippen molar-refractivity contribution in [3.63, 3.8) is 0 Å². The lowest BCUT2D eigenvalue weighted by atomic mass is 9.81. The molecule has 0 unspecified atom stereocenters. The highest BCUT2D eigenvalue weighted by molar-refractivity contribution is 7.18. The van der Waals surface area contributed by atoms with Gasteiger partial charge in [-0.05, 0) is 73.9 Å². The number of benzene rings is 1. The first kappa shape index (κ1) is 27.3. The van der Waals surface area contributed by atoms with Gasteiger partial charge in [-0.15, -0.1) is 11.3 Å². The van der Waals surface area contributed by atoms with Crippen molar-refractivity contribution in [1.82, 2.24) is 15.3 Å². The van der Waals surface area contributed by atoms with Gasteiger partial charge in [-0.2, -0.15) is 0 Å². The summed E-state index contributed by atoms with van der Waals surface area (Å²) < 4.78 is 0. The molecule has 1 amide bonds. The topological polar surface area (TPSA) is 158 Å². The van der Waals surface area contributed by atoms with Gasteiger partial charge in [0.25, 0.3) is 11.5 Å². The van der Waals surface area contributed by atoms with Gasteiger partial charge in [-0.25, -0.2) is 4.98 Å². The quantitative estimate of drug-likeness (QED) is 0.391. The zero-order valence-corrected chi connectivity index (χ0v) is 22.2. The zero-order valence-electron chi connectivity index (χ0n) is 21.4. The molecule has 10 nitrogen and oxygen atoms in total. The molecule has 3 aromatic rings. The van der Waals surface area contributed by atoms with Gasteiger partial charge in [0.1, 0.15) is 5.82 Å². The number of aromatic nitrogens is 2. The standard InChI is InChI=1S/C27H32N4O6S/c1-15-28-21-13-18(16-6-4-3-5-7-16)17(12-19(21)25(34)29-15)14-31(2)23-10-9-22(38-23)26(35)30-20(27(36)37)8-11-24(32)33/h9-10,12-13,16,20H,3-8,11,14H2,1-2H3,(H,30,35)(H,32,33)(H,36,37)(H,28,29,34)/p-2/t20-/m0/s1. The molecule has 0 aliphatic heterocycles. The number of H-pyrrole nitrogens is 1. The van der Waals surface area contributed by atoms with E-state index in [9.17, 15) is 29.4 Å². The summed E-state index contributed by atoms with van der Waals surface area (Å²) in [6.45, 7) is 2.27. The number of fused-ring (bicyclic) bond motifs is 1. The number of amides is 1. The SMILES string of the molecule is Cc1nc2cc(C3CCCCC3)c(CN(C)c3ccc(C(=O)N[C@@H](CCC(=O)[O-])C(=O)[O-])s3)cc2c(=O)[nH]1. The average Bonchev–Trinajstić information content (AvgIpc) is 3.37. The zero-order chi connectivity index (χ0) is 27.4. The highest BCUT2D eigenvalue weighted by Gasteiger charge is 2.22. The first-order valence-electron chi connectivity index (χ1n) is 12.7. The Labute approximate surface area is 223 Å². The summed E-state index contributed by atoms with van der Waals surface area (Å²) in [5, 5.41) is 25.6. The van der Waals surface area contributed by atoms with E-state index in [1.54, 1.807) is 19.1 Å². The molecule has 2 N–H and O–H groups in total. The number of carboxylic acid groups (broad SMARTS) is 2. The molecule has 11 heteroatoms. The van der Waals surface area contributed by atoms with E-state index < -0.39 is 30.3 Å². The Morgan fingerprint density at radius 2 is 1.92 bits per heavy atom. The van der Waals surface area contributed by atoms with Crippen molar-refractivity contribution in [2.45, 2.75) is 70.4 Å². The molecule has 0 saturated heterocycles. The van der Waals surface area contributed by atoms with E-state index in [0.717, 1.165) is 23.4 Å². The molecule has 1 aliphatic carbocycles. The van der Waals surface area contributed by atoms with E-state index in [-0.39, 0.29) is 16.9 Å². The number of carboxylic acids is 2. The first-order chi connectivity index (χ1) is 18.1. The van der Waals surface area contributed by atoms with Crippen LogP contribution in [0.3, 0.4) is 0 Å². The number of carbonyl (C=O) groups is 3. The van der Waals surface area contributed by atoms with Crippen LogP contribution in [0.2, 0.25) is 0 Å². The molecule has 4 rings (SSSR count). The number of aromatic amines is 1. The fourth-order valence-electron chi connectivity index (χ4n) is 5.02. The molecule has 1 saturated carbocycles. The van der Waals surface area contributed by atoms with Gasteiger partial charge in [-0.3, -0.25) is 9.59 Å². The second kappa shape index (κ2) is 11.8. The van der Waals surface area contributed by atoms with Crippen molar-refractivity contribution in [2.75, 3.05) is 11.9 Å². The van der Waals surface area contributed by atoms with Gasteiger partial charge in [-0.1, -0.05) is 19.3 Å². The van der Waals surface area contributed by atoms with E-state index >= 15 is 0 Å². The molecule has 0 bridgehead atoms. The van der Waals surface area contributed by atoms with Gasteiger partial charge in [0, 0.05) is 19.6 Å². The summed E-state index contributed by atoms with van der Waals surface area (Å²) in [5.41, 5.74) is 2.74. The smallest absolute Gasteiger partial charge is 0.261 e. The number of nitrogens with one attached hydrogen (secondary N) is 2. The molecule has 38 heavy (non-hydrogen) atoms. The largest absolute Gasteiger partial charge is 0.550 e. The molecular weight excluding hydrogens is 508 g/mol. The number of thiophene rings is 1. The summed E-state index contributed by atoms with van der Waals surface area (Å²) >= 11 is 1.19. The van der Waals surface area contributed by atoms with Crippen LogP contribution in [0.5, 0.6) is 0 Å². The van der Waals surface area contributed by atoms with Crippen LogP contribution in [-0.4, -0.2) is 40.9 Å². The number of hydrogen-bond acceptors (Lipinski definition) is 9. The van der Waals surface area contributed by atoms with E-state index in [2.05, 4.69) is 21.4 Å². The third kappa shape index (κ3) is 6.39. The number of aryl methyl sites for hydroxylation is 1. The van der Waals surface area contributed by atoms with E-state index in [1.807, 2.05) is 18.0 Å². The third-order valence-corrected chi connectivity index (χ3v) is 8.15. The Balaban J connectivity index is 1.56. The van der Waals surface area contributed by atoms with Crippen LogP contribution in [0.15, 0.2) is 29.1 Å². The molecule has 202 valence electrons. The number of rotatable bonds is 10. The monoisotopic (exact) mass is 538 g/mol. The minimum Gasteiger partial charge on any atom is -0.550 e. The number of anilines is 1. The van der Waals surface area contributed by atoms with Crippen molar-refractivity contribution in [1.29, 1.82) is 0 Å². The predicted octanol–water partition coefficient (Wildman–Crippen LogP) is 1.36. The third-order valence-electron chi connectivity index (χ3n) is 6.96. The van der Waals surface area contributed by atoms with Gasteiger partial charge in [0.15, 0.2) is 0 Å². The fourth-order valence-corrected chi connectivity index (χ4v) is 5.89. The van der Waals surface area contributed by atoms with Crippen molar-refractivity contribution >= 4 is 45.1 Å². The number of aliphatic carboxylic acids is 2. The maximum atomic E-state index is 12.7. The minimum absolute atomic E-state index is 0.178. The summed E-state index contributed by atoms with van der Waals surface area (Å²) in [4.78, 5) is 56.9.